The van der Waals surface area contributed by atoms with Crippen molar-refractivity contribution in [3.05, 3.63) is 83.9 Å². The molecule has 35 heavy (non-hydrogen) atoms. The van der Waals surface area contributed by atoms with Gasteiger partial charge in [0.2, 0.25) is 0 Å². The molecule has 1 fully saturated rings. The van der Waals surface area contributed by atoms with Crippen molar-refractivity contribution in [1.29, 1.82) is 0 Å². The number of ether oxygens (including phenoxy) is 3. The highest BCUT2D eigenvalue weighted by atomic mass is 32.2. The number of ketones is 1. The predicted octanol–water partition coefficient (Wildman–Crippen LogP) is 5.19. The molecule has 6 nitrogen and oxygen atoms in total. The molecule has 0 spiro atoms. The zero-order valence-corrected chi connectivity index (χ0v) is 20.4. The maximum absolute atomic E-state index is 13.6. The summed E-state index contributed by atoms with van der Waals surface area (Å²) in [6.07, 6.45) is 0. The van der Waals surface area contributed by atoms with E-state index in [4.69, 9.17) is 14.2 Å². The fourth-order valence-electron chi connectivity index (χ4n) is 4.34. The molecule has 5 rings (SSSR count). The van der Waals surface area contributed by atoms with Crippen molar-refractivity contribution < 1.29 is 23.6 Å². The highest BCUT2D eigenvalue weighted by molar-refractivity contribution is 7.35. The number of methoxy groups -OCH3 is 1. The number of carbonyl (C=O) groups excluding carboxylic acids is 1. The second-order valence-electron chi connectivity index (χ2n) is 8.35. The molecule has 180 valence electrons. The lowest BCUT2D eigenvalue weighted by atomic mass is 9.97. The van der Waals surface area contributed by atoms with Crippen LogP contribution in [0.1, 0.15) is 15.9 Å². The Morgan fingerprint density at radius 3 is 2.37 bits per heavy atom. The summed E-state index contributed by atoms with van der Waals surface area (Å²) in [4.78, 5) is 16.5. The van der Waals surface area contributed by atoms with Crippen LogP contribution in [0.4, 0.5) is 0 Å². The monoisotopic (exact) mass is 489 g/mol. The minimum absolute atomic E-state index is 0.160. The fourth-order valence-corrected chi connectivity index (χ4v) is 5.87. The Kier molecular flexibility index (Phi) is 7.11. The van der Waals surface area contributed by atoms with E-state index in [0.717, 1.165) is 44.2 Å². The second kappa shape index (κ2) is 10.6. The van der Waals surface area contributed by atoms with Gasteiger partial charge in [-0.15, -0.1) is 0 Å². The first-order valence-electron chi connectivity index (χ1n) is 11.6. The molecule has 0 N–H and O–H groups in total. The lowest BCUT2D eigenvalue weighted by molar-refractivity contribution is 0.0322. The lowest BCUT2D eigenvalue weighted by Crippen LogP contribution is -2.38. The van der Waals surface area contributed by atoms with Crippen LogP contribution < -0.4 is 9.47 Å². The minimum atomic E-state index is -1.46. The molecule has 1 unspecified atom stereocenters. The highest BCUT2D eigenvalue weighted by Crippen LogP contribution is 2.45. The molecule has 7 heteroatoms. The van der Waals surface area contributed by atoms with Gasteiger partial charge in [-0.2, -0.15) is 0 Å². The third-order valence-electron chi connectivity index (χ3n) is 6.24. The Morgan fingerprint density at radius 1 is 0.971 bits per heavy atom. The van der Waals surface area contributed by atoms with Crippen molar-refractivity contribution in [1.82, 2.24) is 4.90 Å². The van der Waals surface area contributed by atoms with E-state index in [1.54, 1.807) is 31.4 Å². The SMILES string of the molecule is COc1ccc(C(=O)c2c(-c3ccc(OCCN4CCOCC4)cc3)[s+]([O-])c3ccccc23)cc1. The normalized spacial score (nSPS) is 14.7. The Hall–Kier alpha value is -3.23. The van der Waals surface area contributed by atoms with E-state index < -0.39 is 10.8 Å². The number of rotatable bonds is 8. The second-order valence-corrected chi connectivity index (χ2v) is 9.74. The maximum Gasteiger partial charge on any atom is 0.199 e. The zero-order valence-electron chi connectivity index (χ0n) is 19.6. The fraction of sp³-hybridized carbons (Fsp3) is 0.250. The number of nitrogens with zero attached hydrogens (tertiary/aromatic N) is 1. The van der Waals surface area contributed by atoms with Crippen LogP contribution in [0.5, 0.6) is 11.5 Å². The zero-order chi connectivity index (χ0) is 24.2. The van der Waals surface area contributed by atoms with Gasteiger partial charge >= 0.3 is 0 Å². The Labute approximate surface area is 207 Å². The highest BCUT2D eigenvalue weighted by Gasteiger charge is 2.29. The van der Waals surface area contributed by atoms with E-state index in [0.29, 0.717) is 38.4 Å². The van der Waals surface area contributed by atoms with Gasteiger partial charge in [0.25, 0.3) is 0 Å². The molecule has 1 aliphatic rings. The van der Waals surface area contributed by atoms with Gasteiger partial charge in [-0.3, -0.25) is 9.69 Å². The number of hydrogen-bond donors (Lipinski definition) is 0. The van der Waals surface area contributed by atoms with Crippen LogP contribution in [-0.4, -0.2) is 61.8 Å². The van der Waals surface area contributed by atoms with Gasteiger partial charge in [-0.1, -0.05) is 12.1 Å². The van der Waals surface area contributed by atoms with E-state index in [2.05, 4.69) is 4.90 Å². The molecule has 0 amide bonds. The van der Waals surface area contributed by atoms with Crippen LogP contribution in [0.25, 0.3) is 20.5 Å². The molecule has 0 bridgehead atoms. The van der Waals surface area contributed by atoms with Crippen LogP contribution in [0.2, 0.25) is 0 Å². The summed E-state index contributed by atoms with van der Waals surface area (Å²) in [7, 11) is 0.130. The topological polar surface area (TPSA) is 71.1 Å². The smallest absolute Gasteiger partial charge is 0.199 e. The quantitative estimate of drug-likeness (QED) is 0.251. The lowest BCUT2D eigenvalue weighted by Gasteiger charge is -2.26. The largest absolute Gasteiger partial charge is 0.590 e. The third-order valence-corrected chi connectivity index (χ3v) is 7.81. The molecular weight excluding hydrogens is 462 g/mol. The summed E-state index contributed by atoms with van der Waals surface area (Å²) < 4.78 is 30.7. The Balaban J connectivity index is 1.43. The van der Waals surface area contributed by atoms with Crippen molar-refractivity contribution in [3.8, 4) is 21.9 Å². The van der Waals surface area contributed by atoms with Crippen LogP contribution in [-0.2, 0) is 4.74 Å². The van der Waals surface area contributed by atoms with E-state index in [1.807, 2.05) is 48.5 Å². The van der Waals surface area contributed by atoms with E-state index in [-0.39, 0.29) is 5.78 Å². The molecule has 1 atom stereocenters. The number of fused-ring (bicyclic) bond motifs is 1. The Morgan fingerprint density at radius 2 is 1.66 bits per heavy atom. The number of carbonyl (C=O) groups is 1. The summed E-state index contributed by atoms with van der Waals surface area (Å²) in [5, 5.41) is 0.715. The van der Waals surface area contributed by atoms with Gasteiger partial charge in [0, 0.05) is 30.8 Å². The first-order valence-corrected chi connectivity index (χ1v) is 12.8. The summed E-state index contributed by atoms with van der Waals surface area (Å²) in [6, 6.07) is 21.9. The average Bonchev–Trinajstić information content (AvgIpc) is 3.21. The minimum Gasteiger partial charge on any atom is -0.590 e. The predicted molar refractivity (Wildman–Crippen MR) is 137 cm³/mol. The standard InChI is InChI=1S/C28H27NO5S/c1-32-22-10-6-20(7-11-22)27(30)26-24-4-2-3-5-25(24)35(31)28(26)21-8-12-23(13-9-21)34-19-16-29-14-17-33-18-15-29/h2-13H,14-19H2,1H3. The van der Waals surface area contributed by atoms with Gasteiger partial charge in [-0.05, 0) is 71.4 Å². The average molecular weight is 490 g/mol. The molecule has 3 aromatic carbocycles. The van der Waals surface area contributed by atoms with Gasteiger partial charge in [0.1, 0.15) is 18.1 Å². The molecule has 0 radical (unpaired) electrons. The van der Waals surface area contributed by atoms with Crippen LogP contribution in [0.3, 0.4) is 0 Å². The summed E-state index contributed by atoms with van der Waals surface area (Å²) >= 11 is 0. The van der Waals surface area contributed by atoms with Crippen molar-refractivity contribution in [2.24, 2.45) is 0 Å². The number of hydrogen-bond acceptors (Lipinski definition) is 6. The third kappa shape index (κ3) is 4.94. The molecule has 0 saturated carbocycles. The van der Waals surface area contributed by atoms with Gasteiger partial charge < -0.3 is 18.8 Å². The van der Waals surface area contributed by atoms with Gasteiger partial charge in [0.05, 0.1) is 31.3 Å². The van der Waals surface area contributed by atoms with E-state index in [9.17, 15) is 9.35 Å². The number of benzene rings is 3. The molecule has 4 aromatic rings. The molecule has 2 heterocycles. The molecule has 0 aliphatic carbocycles. The molecular formula is C28H27NO5S. The van der Waals surface area contributed by atoms with Gasteiger partial charge in [0.15, 0.2) is 15.4 Å². The number of thiophene rings is 1. The first-order chi connectivity index (χ1) is 17.2. The number of morpholine rings is 1. The maximum atomic E-state index is 13.6. The van der Waals surface area contributed by atoms with Crippen molar-refractivity contribution >= 4 is 26.6 Å². The molecule has 1 saturated heterocycles. The summed E-state index contributed by atoms with van der Waals surface area (Å²) in [6.45, 7) is 4.81. The van der Waals surface area contributed by atoms with E-state index in [1.165, 1.54) is 0 Å². The summed E-state index contributed by atoms with van der Waals surface area (Å²) in [5.41, 5.74) is 1.75. The van der Waals surface area contributed by atoms with Crippen LogP contribution >= 0.6 is 10.8 Å². The Bertz CT molecular complexity index is 1310. The van der Waals surface area contributed by atoms with Crippen LogP contribution in [0.15, 0.2) is 72.8 Å². The van der Waals surface area contributed by atoms with E-state index >= 15 is 0 Å². The van der Waals surface area contributed by atoms with Crippen molar-refractivity contribution in [2.45, 2.75) is 0 Å². The first kappa shape index (κ1) is 23.5. The van der Waals surface area contributed by atoms with Gasteiger partial charge in [-0.25, -0.2) is 0 Å². The summed E-state index contributed by atoms with van der Waals surface area (Å²) in [5.74, 6) is 1.26. The molecule has 1 aliphatic heterocycles. The molecule has 1 aromatic heterocycles. The van der Waals surface area contributed by atoms with Crippen LogP contribution in [0, 0.1) is 0 Å². The van der Waals surface area contributed by atoms with Crippen molar-refractivity contribution in [3.63, 3.8) is 0 Å². The van der Waals surface area contributed by atoms with Crippen molar-refractivity contribution in [2.75, 3.05) is 46.6 Å².